The molecule has 0 unspecified atom stereocenters. The Hall–Kier alpha value is -0.150. The van der Waals surface area contributed by atoms with Gasteiger partial charge in [-0.05, 0) is 26.8 Å². The maximum absolute atomic E-state index is 5.57. The van der Waals surface area contributed by atoms with Gasteiger partial charge in [-0.3, -0.25) is 0 Å². The molecule has 1 heterocycles. The fourth-order valence-corrected chi connectivity index (χ4v) is 1.99. The van der Waals surface area contributed by atoms with E-state index in [1.165, 1.54) is 0 Å². The maximum Gasteiger partial charge on any atom is 0.159 e. The van der Waals surface area contributed by atoms with Gasteiger partial charge in [0.2, 0.25) is 0 Å². The number of rotatable bonds is 0. The molecule has 0 saturated carbocycles. The third-order valence-corrected chi connectivity index (χ3v) is 2.16. The zero-order valence-corrected chi connectivity index (χ0v) is 8.55. The Morgan fingerprint density at radius 2 is 2.09 bits per heavy atom. The van der Waals surface area contributed by atoms with Gasteiger partial charge in [0.1, 0.15) is 0 Å². The molecule has 0 aromatic carbocycles. The zero-order chi connectivity index (χ0) is 7.78. The van der Waals surface area contributed by atoms with Crippen LogP contribution in [0.2, 0.25) is 0 Å². The average Bonchev–Trinajstić information content (AvgIpc) is 1.54. The van der Waals surface area contributed by atoms with E-state index < -0.39 is 0 Å². The van der Waals surface area contributed by atoms with E-state index in [0.29, 0.717) is 5.17 Å². The smallest absolute Gasteiger partial charge is 0.159 e. The van der Waals surface area contributed by atoms with Crippen molar-refractivity contribution in [1.82, 2.24) is 0 Å². The van der Waals surface area contributed by atoms with Gasteiger partial charge in [0.05, 0.1) is 0 Å². The molecule has 2 N–H and O–H groups in total. The monoisotopic (exact) mass is 192 g/mol. The first-order valence-corrected chi connectivity index (χ1v) is 4.04. The van der Waals surface area contributed by atoms with Crippen LogP contribution < -0.4 is 5.73 Å². The molecule has 2 nitrogen and oxygen atoms in total. The van der Waals surface area contributed by atoms with Gasteiger partial charge in [-0.1, -0.05) is 11.8 Å². The molecule has 11 heavy (non-hydrogen) atoms. The number of hydrogen-bond donors (Lipinski definition) is 1. The number of nitrogens with zero attached hydrogens (tertiary/aromatic N) is 1. The van der Waals surface area contributed by atoms with Crippen LogP contribution in [0.1, 0.15) is 20.8 Å². The third-order valence-electron chi connectivity index (χ3n) is 1.21. The highest BCUT2D eigenvalue weighted by Crippen LogP contribution is 2.30. The number of nitrogens with two attached hydrogens (primary N) is 1. The SMILES string of the molecule is CC1=CC(C)(C)SC(N)=N1.Cl. The molecule has 1 aliphatic heterocycles. The summed E-state index contributed by atoms with van der Waals surface area (Å²) < 4.78 is 0.121. The Bertz CT molecular complexity index is 208. The zero-order valence-electron chi connectivity index (χ0n) is 6.92. The quantitative estimate of drug-likeness (QED) is 0.639. The summed E-state index contributed by atoms with van der Waals surface area (Å²) >= 11 is 1.60. The minimum Gasteiger partial charge on any atom is -0.378 e. The van der Waals surface area contributed by atoms with Crippen LogP contribution in [0.5, 0.6) is 0 Å². The molecule has 0 atom stereocenters. The first kappa shape index (κ1) is 10.8. The molecule has 0 aromatic heterocycles. The number of hydrogen-bond acceptors (Lipinski definition) is 3. The van der Waals surface area contributed by atoms with E-state index >= 15 is 0 Å². The van der Waals surface area contributed by atoms with E-state index in [1.54, 1.807) is 11.8 Å². The number of thioether (sulfide) groups is 1. The fraction of sp³-hybridized carbons (Fsp3) is 0.571. The molecule has 0 fully saturated rings. The minimum absolute atomic E-state index is 0. The van der Waals surface area contributed by atoms with Gasteiger partial charge in [-0.15, -0.1) is 12.4 Å². The predicted molar refractivity (Wildman–Crippen MR) is 54.3 cm³/mol. The highest BCUT2D eigenvalue weighted by molar-refractivity contribution is 8.15. The molecular weight excluding hydrogens is 180 g/mol. The first-order valence-electron chi connectivity index (χ1n) is 3.22. The highest BCUT2D eigenvalue weighted by Gasteiger charge is 2.20. The summed E-state index contributed by atoms with van der Waals surface area (Å²) in [4.78, 5) is 4.10. The van der Waals surface area contributed by atoms with Crippen molar-refractivity contribution >= 4 is 29.3 Å². The number of allylic oxidation sites excluding steroid dienone is 1. The van der Waals surface area contributed by atoms with Gasteiger partial charge >= 0.3 is 0 Å². The summed E-state index contributed by atoms with van der Waals surface area (Å²) in [7, 11) is 0. The molecule has 0 aliphatic carbocycles. The van der Waals surface area contributed by atoms with Crippen LogP contribution in [0, 0.1) is 0 Å². The van der Waals surface area contributed by atoms with E-state index in [-0.39, 0.29) is 17.2 Å². The fourth-order valence-electron chi connectivity index (χ4n) is 1.03. The molecule has 4 heteroatoms. The Balaban J connectivity index is 0.000001000. The molecular formula is C7H13ClN2S. The Morgan fingerprint density at radius 1 is 1.55 bits per heavy atom. The Labute approximate surface area is 77.7 Å². The van der Waals surface area contributed by atoms with Crippen LogP contribution in [0.4, 0.5) is 0 Å². The van der Waals surface area contributed by atoms with Gasteiger partial charge in [0, 0.05) is 10.4 Å². The molecule has 0 radical (unpaired) electrons. The molecule has 0 spiro atoms. The Kier molecular flexibility index (Phi) is 3.45. The second kappa shape index (κ2) is 3.50. The second-order valence-electron chi connectivity index (χ2n) is 2.94. The highest BCUT2D eigenvalue weighted by atomic mass is 35.5. The summed E-state index contributed by atoms with van der Waals surface area (Å²) in [5, 5.41) is 0.671. The van der Waals surface area contributed by atoms with Gasteiger partial charge < -0.3 is 5.73 Å². The van der Waals surface area contributed by atoms with E-state index in [1.807, 2.05) is 6.92 Å². The Morgan fingerprint density at radius 3 is 2.45 bits per heavy atom. The van der Waals surface area contributed by atoms with Crippen molar-refractivity contribution in [3.8, 4) is 0 Å². The summed E-state index contributed by atoms with van der Waals surface area (Å²) in [5.41, 5.74) is 6.59. The molecule has 0 amide bonds. The number of aliphatic imine (C=N–C) groups is 1. The predicted octanol–water partition coefficient (Wildman–Crippen LogP) is 2.15. The lowest BCUT2D eigenvalue weighted by molar-refractivity contribution is 0.884. The van der Waals surface area contributed by atoms with E-state index in [2.05, 4.69) is 24.9 Å². The van der Waals surface area contributed by atoms with E-state index in [9.17, 15) is 0 Å². The van der Waals surface area contributed by atoms with Crippen LogP contribution in [0.25, 0.3) is 0 Å². The van der Waals surface area contributed by atoms with Crippen molar-refractivity contribution in [3.63, 3.8) is 0 Å². The van der Waals surface area contributed by atoms with Crippen LogP contribution >= 0.6 is 24.2 Å². The van der Waals surface area contributed by atoms with Crippen molar-refractivity contribution in [2.75, 3.05) is 0 Å². The maximum atomic E-state index is 5.57. The van der Waals surface area contributed by atoms with E-state index in [4.69, 9.17) is 5.73 Å². The van der Waals surface area contributed by atoms with Crippen LogP contribution in [-0.4, -0.2) is 9.91 Å². The summed E-state index contributed by atoms with van der Waals surface area (Å²) in [6.07, 6.45) is 2.12. The van der Waals surface area contributed by atoms with Crippen molar-refractivity contribution in [1.29, 1.82) is 0 Å². The van der Waals surface area contributed by atoms with Crippen molar-refractivity contribution in [3.05, 3.63) is 11.8 Å². The summed E-state index contributed by atoms with van der Waals surface area (Å²) in [5.74, 6) is 0. The lowest BCUT2D eigenvalue weighted by atomic mass is 10.2. The molecule has 0 aromatic rings. The van der Waals surface area contributed by atoms with Crippen LogP contribution in [-0.2, 0) is 0 Å². The molecule has 0 bridgehead atoms. The third kappa shape index (κ3) is 3.16. The summed E-state index contributed by atoms with van der Waals surface area (Å²) in [6, 6.07) is 0. The van der Waals surface area contributed by atoms with Crippen molar-refractivity contribution < 1.29 is 0 Å². The second-order valence-corrected chi connectivity index (χ2v) is 4.62. The van der Waals surface area contributed by atoms with Crippen LogP contribution in [0.15, 0.2) is 16.8 Å². The van der Waals surface area contributed by atoms with Crippen molar-refractivity contribution in [2.45, 2.75) is 25.5 Å². The molecule has 64 valence electrons. The van der Waals surface area contributed by atoms with Gasteiger partial charge in [-0.2, -0.15) is 0 Å². The van der Waals surface area contributed by atoms with Gasteiger partial charge in [-0.25, -0.2) is 4.99 Å². The minimum atomic E-state index is 0. The molecule has 0 saturated heterocycles. The van der Waals surface area contributed by atoms with Gasteiger partial charge in [0.15, 0.2) is 5.17 Å². The molecule has 1 aliphatic rings. The average molecular weight is 193 g/mol. The normalized spacial score (nSPS) is 21.4. The number of halogens is 1. The standard InChI is InChI=1S/C7H12N2S.ClH/c1-5-4-7(2,3)10-6(8)9-5;/h4H,1-3H3,(H2,8,9);1H. The number of amidine groups is 1. The van der Waals surface area contributed by atoms with Gasteiger partial charge in [0.25, 0.3) is 0 Å². The largest absolute Gasteiger partial charge is 0.378 e. The molecule has 1 rings (SSSR count). The van der Waals surface area contributed by atoms with Crippen LogP contribution in [0.3, 0.4) is 0 Å². The topological polar surface area (TPSA) is 38.4 Å². The first-order chi connectivity index (χ1) is 4.49. The summed E-state index contributed by atoms with van der Waals surface area (Å²) in [6.45, 7) is 6.22. The van der Waals surface area contributed by atoms with E-state index in [0.717, 1.165) is 5.70 Å². The van der Waals surface area contributed by atoms with Crippen molar-refractivity contribution in [2.24, 2.45) is 10.7 Å². The lowest BCUT2D eigenvalue weighted by Crippen LogP contribution is -2.22. The lowest BCUT2D eigenvalue weighted by Gasteiger charge is -2.22.